The number of thioether (sulfide) groups is 1. The van der Waals surface area contributed by atoms with Crippen molar-refractivity contribution >= 4 is 17.7 Å². The highest BCUT2D eigenvalue weighted by Crippen LogP contribution is 2.07. The summed E-state index contributed by atoms with van der Waals surface area (Å²) in [5.41, 5.74) is 0. The second-order valence-corrected chi connectivity index (χ2v) is 5.53. The monoisotopic (exact) mass is 244 g/mol. The number of hydrogen-bond donors (Lipinski definition) is 2. The molecule has 0 saturated carbocycles. The van der Waals surface area contributed by atoms with Gasteiger partial charge >= 0.3 is 0 Å². The van der Waals surface area contributed by atoms with Crippen LogP contribution in [0.3, 0.4) is 0 Å². The molecule has 0 radical (unpaired) electrons. The summed E-state index contributed by atoms with van der Waals surface area (Å²) < 4.78 is 0. The van der Waals surface area contributed by atoms with Gasteiger partial charge in [0.1, 0.15) is 0 Å². The van der Waals surface area contributed by atoms with Crippen molar-refractivity contribution in [3.05, 3.63) is 0 Å². The van der Waals surface area contributed by atoms with Gasteiger partial charge in [0.25, 0.3) is 0 Å². The van der Waals surface area contributed by atoms with Gasteiger partial charge in [0.2, 0.25) is 5.91 Å². The van der Waals surface area contributed by atoms with Gasteiger partial charge in [-0.2, -0.15) is 11.8 Å². The molecule has 4 heteroatoms. The lowest BCUT2D eigenvalue weighted by atomic mass is 10.1. The van der Waals surface area contributed by atoms with Crippen LogP contribution in [0.4, 0.5) is 0 Å². The van der Waals surface area contributed by atoms with Crippen LogP contribution in [-0.2, 0) is 4.79 Å². The molecule has 1 aliphatic heterocycles. The van der Waals surface area contributed by atoms with Crippen LogP contribution < -0.4 is 10.6 Å². The maximum absolute atomic E-state index is 11.6. The highest BCUT2D eigenvalue weighted by Gasteiger charge is 2.14. The molecule has 94 valence electrons. The Morgan fingerprint density at radius 3 is 2.81 bits per heavy atom. The molecule has 0 atom stereocenters. The first kappa shape index (κ1) is 13.8. The number of hydrogen-bond acceptors (Lipinski definition) is 3. The zero-order valence-corrected chi connectivity index (χ0v) is 11.1. The number of nitrogens with one attached hydrogen (secondary N) is 2. The minimum atomic E-state index is 0.232. The van der Waals surface area contributed by atoms with Crippen LogP contribution >= 0.6 is 11.8 Å². The Morgan fingerprint density at radius 1 is 1.38 bits per heavy atom. The van der Waals surface area contributed by atoms with Gasteiger partial charge in [0, 0.05) is 18.2 Å². The van der Waals surface area contributed by atoms with E-state index in [0.29, 0.717) is 12.5 Å². The maximum atomic E-state index is 11.6. The average molecular weight is 244 g/mol. The third-order valence-electron chi connectivity index (χ3n) is 2.82. The SMILES string of the molecule is CCCCSCCC(=O)NC1CCNCC1. The first-order valence-corrected chi connectivity index (χ1v) is 7.56. The molecule has 3 nitrogen and oxygen atoms in total. The Labute approximate surface area is 103 Å². The normalized spacial score (nSPS) is 17.3. The number of carbonyl (C=O) groups excluding carboxylic acids is 1. The van der Waals surface area contributed by atoms with Crippen molar-refractivity contribution in [1.82, 2.24) is 10.6 Å². The predicted molar refractivity (Wildman–Crippen MR) is 70.9 cm³/mol. The van der Waals surface area contributed by atoms with E-state index in [1.54, 1.807) is 0 Å². The standard InChI is InChI=1S/C12H24N2OS/c1-2-3-9-16-10-6-12(15)14-11-4-7-13-8-5-11/h11,13H,2-10H2,1H3,(H,14,15). The first-order valence-electron chi connectivity index (χ1n) is 6.40. The second kappa shape index (κ2) is 8.88. The van der Waals surface area contributed by atoms with E-state index in [1.807, 2.05) is 11.8 Å². The third kappa shape index (κ3) is 6.38. The fraction of sp³-hybridized carbons (Fsp3) is 0.917. The fourth-order valence-electron chi connectivity index (χ4n) is 1.78. The van der Waals surface area contributed by atoms with Crippen molar-refractivity contribution < 1.29 is 4.79 Å². The Kier molecular flexibility index (Phi) is 7.68. The molecular formula is C12H24N2OS. The van der Waals surface area contributed by atoms with Crippen molar-refractivity contribution in [3.8, 4) is 0 Å². The number of rotatable bonds is 7. The summed E-state index contributed by atoms with van der Waals surface area (Å²) in [5, 5.41) is 6.42. The molecule has 0 unspecified atom stereocenters. The molecule has 0 spiro atoms. The van der Waals surface area contributed by atoms with Crippen LogP contribution in [0.5, 0.6) is 0 Å². The van der Waals surface area contributed by atoms with Crippen LogP contribution in [-0.4, -0.2) is 36.5 Å². The highest BCUT2D eigenvalue weighted by atomic mass is 32.2. The summed E-state index contributed by atoms with van der Waals surface area (Å²) in [4.78, 5) is 11.6. The maximum Gasteiger partial charge on any atom is 0.221 e. The van der Waals surface area contributed by atoms with Gasteiger partial charge in [-0.15, -0.1) is 0 Å². The molecule has 16 heavy (non-hydrogen) atoms. The van der Waals surface area contributed by atoms with Crippen molar-refractivity contribution in [3.63, 3.8) is 0 Å². The summed E-state index contributed by atoms with van der Waals surface area (Å²) in [6.45, 7) is 4.27. The van der Waals surface area contributed by atoms with Crippen molar-refractivity contribution in [1.29, 1.82) is 0 Å². The Bertz CT molecular complexity index is 193. The van der Waals surface area contributed by atoms with Crippen LogP contribution in [0.15, 0.2) is 0 Å². The number of unbranched alkanes of at least 4 members (excludes halogenated alkanes) is 1. The Hall–Kier alpha value is -0.220. The van der Waals surface area contributed by atoms with Crippen LogP contribution in [0.2, 0.25) is 0 Å². The molecule has 1 saturated heterocycles. The Morgan fingerprint density at radius 2 is 2.12 bits per heavy atom. The predicted octanol–water partition coefficient (Wildman–Crippen LogP) is 1.78. The van der Waals surface area contributed by atoms with Gasteiger partial charge in [-0.1, -0.05) is 13.3 Å². The summed E-state index contributed by atoms with van der Waals surface area (Å²) in [6.07, 6.45) is 5.34. The Balaban J connectivity index is 1.97. The molecule has 2 N–H and O–H groups in total. The molecule has 0 aliphatic carbocycles. The average Bonchev–Trinajstić information content (AvgIpc) is 2.30. The van der Waals surface area contributed by atoms with Gasteiger partial charge in [-0.05, 0) is 38.1 Å². The molecule has 1 fully saturated rings. The minimum Gasteiger partial charge on any atom is -0.353 e. The molecule has 1 rings (SSSR count). The molecule has 0 aromatic heterocycles. The number of amides is 1. The molecule has 0 aromatic carbocycles. The van der Waals surface area contributed by atoms with Crippen molar-refractivity contribution in [2.75, 3.05) is 24.6 Å². The zero-order valence-electron chi connectivity index (χ0n) is 10.3. The van der Waals surface area contributed by atoms with Gasteiger partial charge in [0.05, 0.1) is 0 Å². The number of piperidine rings is 1. The van der Waals surface area contributed by atoms with E-state index >= 15 is 0 Å². The lowest BCUT2D eigenvalue weighted by molar-refractivity contribution is -0.121. The van der Waals surface area contributed by atoms with E-state index in [4.69, 9.17) is 0 Å². The highest BCUT2D eigenvalue weighted by molar-refractivity contribution is 7.99. The lowest BCUT2D eigenvalue weighted by Crippen LogP contribution is -2.42. The number of carbonyl (C=O) groups is 1. The fourth-order valence-corrected chi connectivity index (χ4v) is 2.81. The summed E-state index contributed by atoms with van der Waals surface area (Å²) in [7, 11) is 0. The van der Waals surface area contributed by atoms with Crippen molar-refractivity contribution in [2.24, 2.45) is 0 Å². The first-order chi connectivity index (χ1) is 7.83. The van der Waals surface area contributed by atoms with E-state index in [1.165, 1.54) is 18.6 Å². The van der Waals surface area contributed by atoms with E-state index in [0.717, 1.165) is 31.7 Å². The van der Waals surface area contributed by atoms with Gasteiger partial charge < -0.3 is 10.6 Å². The molecule has 0 aromatic rings. The van der Waals surface area contributed by atoms with E-state index < -0.39 is 0 Å². The van der Waals surface area contributed by atoms with Crippen LogP contribution in [0, 0.1) is 0 Å². The molecule has 1 amide bonds. The summed E-state index contributed by atoms with van der Waals surface area (Å²) in [5.74, 6) is 2.39. The van der Waals surface area contributed by atoms with Crippen LogP contribution in [0.25, 0.3) is 0 Å². The van der Waals surface area contributed by atoms with E-state index in [9.17, 15) is 4.79 Å². The smallest absolute Gasteiger partial charge is 0.221 e. The third-order valence-corrected chi connectivity index (χ3v) is 3.89. The molecule has 1 aliphatic rings. The summed E-state index contributed by atoms with van der Waals surface area (Å²) >= 11 is 1.90. The van der Waals surface area contributed by atoms with Crippen molar-refractivity contribution in [2.45, 2.75) is 45.1 Å². The second-order valence-electron chi connectivity index (χ2n) is 4.31. The van der Waals surface area contributed by atoms with Gasteiger partial charge in [-0.3, -0.25) is 4.79 Å². The minimum absolute atomic E-state index is 0.232. The van der Waals surface area contributed by atoms with Gasteiger partial charge in [-0.25, -0.2) is 0 Å². The van der Waals surface area contributed by atoms with E-state index in [2.05, 4.69) is 17.6 Å². The van der Waals surface area contributed by atoms with Crippen LogP contribution in [0.1, 0.15) is 39.0 Å². The molecule has 0 bridgehead atoms. The molecule has 1 heterocycles. The van der Waals surface area contributed by atoms with Gasteiger partial charge in [0.15, 0.2) is 0 Å². The largest absolute Gasteiger partial charge is 0.353 e. The topological polar surface area (TPSA) is 41.1 Å². The van der Waals surface area contributed by atoms with E-state index in [-0.39, 0.29) is 5.91 Å². The zero-order chi connectivity index (χ0) is 11.6. The molecular weight excluding hydrogens is 220 g/mol. The quantitative estimate of drug-likeness (QED) is 0.671. The lowest BCUT2D eigenvalue weighted by Gasteiger charge is -2.23. The summed E-state index contributed by atoms with van der Waals surface area (Å²) in [6, 6.07) is 0.411.